The van der Waals surface area contributed by atoms with Crippen LogP contribution in [0.15, 0.2) is 18.2 Å². The van der Waals surface area contributed by atoms with Crippen molar-refractivity contribution in [2.24, 2.45) is 0 Å². The number of piperidine rings is 1. The molecule has 2 aromatic rings. The second-order valence-corrected chi connectivity index (χ2v) is 9.01. The van der Waals surface area contributed by atoms with E-state index in [1.165, 1.54) is 35.3 Å². The maximum absolute atomic E-state index is 10.2. The summed E-state index contributed by atoms with van der Waals surface area (Å²) in [4.78, 5) is 3.74. The Hall–Kier alpha value is -0.750. The molecule has 1 aromatic carbocycles. The first-order valence-electron chi connectivity index (χ1n) is 8.35. The first-order valence-corrected chi connectivity index (χ1v) is 10.9. The van der Waals surface area contributed by atoms with Gasteiger partial charge in [0.15, 0.2) is 0 Å². The van der Waals surface area contributed by atoms with E-state index in [9.17, 15) is 5.11 Å². The summed E-state index contributed by atoms with van der Waals surface area (Å²) in [6.07, 6.45) is 6.02. The fraction of sp³-hybridized carbons (Fsp3) is 0.500. The van der Waals surface area contributed by atoms with E-state index in [4.69, 9.17) is 12.2 Å². The van der Waals surface area contributed by atoms with Crippen LogP contribution in [0.3, 0.4) is 0 Å². The highest BCUT2D eigenvalue weighted by Gasteiger charge is 2.15. The van der Waals surface area contributed by atoms with Gasteiger partial charge in [0.2, 0.25) is 0 Å². The molecular formula is C18H23NOS3. The van der Waals surface area contributed by atoms with Crippen LogP contribution >= 0.6 is 32.9 Å². The van der Waals surface area contributed by atoms with E-state index in [2.05, 4.69) is 17.9 Å². The first kappa shape index (κ1) is 17.1. The van der Waals surface area contributed by atoms with Crippen LogP contribution in [0.2, 0.25) is 0 Å². The van der Waals surface area contributed by atoms with Crippen LogP contribution in [0, 0.1) is 3.82 Å². The van der Waals surface area contributed by atoms with Gasteiger partial charge in [0.05, 0.1) is 4.88 Å². The lowest BCUT2D eigenvalue weighted by atomic mass is 10.0. The minimum Gasteiger partial charge on any atom is -0.508 e. The monoisotopic (exact) mass is 365 g/mol. The van der Waals surface area contributed by atoms with E-state index >= 15 is 0 Å². The summed E-state index contributed by atoms with van der Waals surface area (Å²) in [5, 5.41) is 10.2. The van der Waals surface area contributed by atoms with E-state index in [0.29, 0.717) is 5.75 Å². The standard InChI is InChI=1S/C18H23NOS3/c1-2-6-15-17(22-23-18(15)21)13-7-8-16(20)14(11-13)12-19-9-4-3-5-10-19/h7-8,11,20H,2-6,9-10,12H2,1H3. The fourth-order valence-electron chi connectivity index (χ4n) is 3.17. The van der Waals surface area contributed by atoms with Crippen molar-refractivity contribution in [2.45, 2.75) is 45.6 Å². The minimum absolute atomic E-state index is 0.412. The van der Waals surface area contributed by atoms with Gasteiger partial charge < -0.3 is 5.11 Å². The summed E-state index contributed by atoms with van der Waals surface area (Å²) in [6.45, 7) is 5.32. The van der Waals surface area contributed by atoms with Gasteiger partial charge in [0.25, 0.3) is 0 Å². The normalized spacial score (nSPS) is 15.9. The third kappa shape index (κ3) is 4.02. The lowest BCUT2D eigenvalue weighted by Gasteiger charge is -2.26. The van der Waals surface area contributed by atoms with Gasteiger partial charge in [-0.2, -0.15) is 0 Å². The number of phenols is 1. The van der Waals surface area contributed by atoms with Crippen molar-refractivity contribution in [3.05, 3.63) is 33.1 Å². The molecule has 2 nitrogen and oxygen atoms in total. The van der Waals surface area contributed by atoms with Crippen LogP contribution in [-0.4, -0.2) is 23.1 Å². The largest absolute Gasteiger partial charge is 0.508 e. The Bertz CT molecular complexity index is 713. The molecule has 1 aromatic heterocycles. The van der Waals surface area contributed by atoms with Crippen molar-refractivity contribution in [1.82, 2.24) is 4.90 Å². The quantitative estimate of drug-likeness (QED) is 0.531. The molecule has 0 bridgehead atoms. The van der Waals surface area contributed by atoms with E-state index in [0.717, 1.165) is 41.9 Å². The molecule has 0 radical (unpaired) electrons. The Kier molecular flexibility index (Phi) is 5.85. The summed E-state index contributed by atoms with van der Waals surface area (Å²) < 4.78 is 1.03. The number of likely N-dealkylation sites (tertiary alicyclic amines) is 1. The molecule has 5 heteroatoms. The molecule has 1 N–H and O–H groups in total. The van der Waals surface area contributed by atoms with E-state index in [-0.39, 0.29) is 0 Å². The SMILES string of the molecule is CCCc1c(-c2ccc(O)c(CN3CCCCC3)c2)ssc1=S. The van der Waals surface area contributed by atoms with Gasteiger partial charge in [-0.05, 0) is 61.7 Å². The third-order valence-corrected chi connectivity index (χ3v) is 7.60. The number of rotatable bonds is 5. The molecule has 0 unspecified atom stereocenters. The predicted molar refractivity (Wildman–Crippen MR) is 103 cm³/mol. The topological polar surface area (TPSA) is 23.5 Å². The Balaban J connectivity index is 1.89. The third-order valence-electron chi connectivity index (χ3n) is 4.41. The van der Waals surface area contributed by atoms with Crippen LogP contribution in [0.25, 0.3) is 10.4 Å². The molecule has 0 atom stereocenters. The molecule has 0 saturated carbocycles. The van der Waals surface area contributed by atoms with E-state index in [1.807, 2.05) is 12.1 Å². The van der Waals surface area contributed by atoms with E-state index in [1.54, 1.807) is 20.7 Å². The zero-order valence-electron chi connectivity index (χ0n) is 13.5. The van der Waals surface area contributed by atoms with Crippen molar-refractivity contribution >= 4 is 32.9 Å². The zero-order valence-corrected chi connectivity index (χ0v) is 16.0. The summed E-state index contributed by atoms with van der Waals surface area (Å²) in [5.41, 5.74) is 3.55. The fourth-order valence-corrected chi connectivity index (χ4v) is 6.17. The Labute approximate surface area is 150 Å². The van der Waals surface area contributed by atoms with Gasteiger partial charge >= 0.3 is 0 Å². The number of hydrogen-bond donors (Lipinski definition) is 1. The predicted octanol–water partition coefficient (Wildman–Crippen LogP) is 5.85. The number of nitrogens with zero attached hydrogens (tertiary/aromatic N) is 1. The number of aromatic hydroxyl groups is 1. The van der Waals surface area contributed by atoms with Gasteiger partial charge in [0.1, 0.15) is 9.57 Å². The minimum atomic E-state index is 0.412. The van der Waals surface area contributed by atoms with Gasteiger partial charge in [-0.25, -0.2) is 0 Å². The molecule has 3 rings (SSSR count). The lowest BCUT2D eigenvalue weighted by molar-refractivity contribution is 0.218. The smallest absolute Gasteiger partial charge is 0.120 e. The van der Waals surface area contributed by atoms with Crippen molar-refractivity contribution in [3.63, 3.8) is 0 Å². The second kappa shape index (κ2) is 7.88. The Morgan fingerprint density at radius 1 is 1.17 bits per heavy atom. The van der Waals surface area contributed by atoms with Crippen molar-refractivity contribution in [3.8, 4) is 16.2 Å². The van der Waals surface area contributed by atoms with Gasteiger partial charge in [-0.15, -0.1) is 0 Å². The maximum atomic E-state index is 10.2. The Morgan fingerprint density at radius 3 is 2.70 bits per heavy atom. The van der Waals surface area contributed by atoms with Crippen LogP contribution in [0.5, 0.6) is 5.75 Å². The van der Waals surface area contributed by atoms with Gasteiger partial charge in [-0.1, -0.05) is 52.7 Å². The second-order valence-electron chi connectivity index (χ2n) is 6.19. The highest BCUT2D eigenvalue weighted by atomic mass is 32.9. The Morgan fingerprint density at radius 2 is 1.96 bits per heavy atom. The molecule has 124 valence electrons. The number of benzene rings is 1. The summed E-state index contributed by atoms with van der Waals surface area (Å²) in [5.74, 6) is 0.412. The number of phenolic OH excluding ortho intramolecular Hbond substituents is 1. The van der Waals surface area contributed by atoms with Crippen LogP contribution in [0.1, 0.15) is 43.7 Å². The molecule has 2 heterocycles. The average Bonchev–Trinajstić information content (AvgIpc) is 2.92. The molecule has 1 aliphatic rings. The van der Waals surface area contributed by atoms with Crippen molar-refractivity contribution < 1.29 is 5.11 Å². The van der Waals surface area contributed by atoms with Gasteiger partial charge in [0, 0.05) is 12.1 Å². The molecule has 0 aliphatic carbocycles. The van der Waals surface area contributed by atoms with Crippen molar-refractivity contribution in [1.29, 1.82) is 0 Å². The van der Waals surface area contributed by atoms with Crippen LogP contribution < -0.4 is 0 Å². The zero-order chi connectivity index (χ0) is 16.2. The molecule has 0 amide bonds. The summed E-state index contributed by atoms with van der Waals surface area (Å²) in [7, 11) is 3.47. The van der Waals surface area contributed by atoms with Crippen LogP contribution in [-0.2, 0) is 13.0 Å². The summed E-state index contributed by atoms with van der Waals surface area (Å²) in [6, 6.07) is 6.04. The average molecular weight is 366 g/mol. The van der Waals surface area contributed by atoms with Crippen molar-refractivity contribution in [2.75, 3.05) is 13.1 Å². The van der Waals surface area contributed by atoms with E-state index < -0.39 is 0 Å². The van der Waals surface area contributed by atoms with Crippen LogP contribution in [0.4, 0.5) is 0 Å². The highest BCUT2D eigenvalue weighted by molar-refractivity contribution is 7.80. The molecule has 1 saturated heterocycles. The maximum Gasteiger partial charge on any atom is 0.120 e. The molecular weight excluding hydrogens is 342 g/mol. The molecule has 1 fully saturated rings. The summed E-state index contributed by atoms with van der Waals surface area (Å²) >= 11 is 5.50. The molecule has 23 heavy (non-hydrogen) atoms. The number of hydrogen-bond acceptors (Lipinski definition) is 5. The molecule has 0 spiro atoms. The molecule has 1 aliphatic heterocycles. The first-order chi connectivity index (χ1) is 11.2. The van der Waals surface area contributed by atoms with Gasteiger partial charge in [-0.3, -0.25) is 4.90 Å². The lowest BCUT2D eigenvalue weighted by Crippen LogP contribution is -2.29. The highest BCUT2D eigenvalue weighted by Crippen LogP contribution is 2.37.